The molecule has 0 aromatic heterocycles. The Kier molecular flexibility index (Phi) is 6.83. The second kappa shape index (κ2) is 7.91. The number of hydrogen-bond acceptors (Lipinski definition) is 6. The number of carbonyl (C=O) groups is 1. The summed E-state index contributed by atoms with van der Waals surface area (Å²) in [5.74, 6) is -1.24. The van der Waals surface area contributed by atoms with Crippen LogP contribution >= 0.6 is 7.60 Å². The molecule has 0 saturated heterocycles. The zero-order valence-corrected chi connectivity index (χ0v) is 13.1. The van der Waals surface area contributed by atoms with E-state index in [9.17, 15) is 14.3 Å². The van der Waals surface area contributed by atoms with E-state index in [0.29, 0.717) is 18.6 Å². The van der Waals surface area contributed by atoms with Gasteiger partial charge in [0, 0.05) is 20.0 Å². The van der Waals surface area contributed by atoms with E-state index in [1.165, 1.54) is 6.92 Å². The summed E-state index contributed by atoms with van der Waals surface area (Å²) in [6, 6.07) is -1.54. The molecule has 0 radical (unpaired) electrons. The fourth-order valence-electron chi connectivity index (χ4n) is 2.10. The van der Waals surface area contributed by atoms with Crippen LogP contribution in [0.2, 0.25) is 0 Å². The molecule has 21 heavy (non-hydrogen) atoms. The minimum absolute atomic E-state index is 0.0298. The van der Waals surface area contributed by atoms with E-state index < -0.39 is 25.5 Å². The fourth-order valence-corrected chi connectivity index (χ4v) is 3.57. The van der Waals surface area contributed by atoms with Gasteiger partial charge in [-0.1, -0.05) is 0 Å². The van der Waals surface area contributed by atoms with Gasteiger partial charge < -0.3 is 30.3 Å². The highest BCUT2D eigenvalue weighted by atomic mass is 31.2. The van der Waals surface area contributed by atoms with Gasteiger partial charge in [-0.05, 0) is 19.4 Å². The summed E-state index contributed by atoms with van der Waals surface area (Å²) in [6.07, 6.45) is 2.42. The van der Waals surface area contributed by atoms with Crippen LogP contribution in [0.3, 0.4) is 0 Å². The van der Waals surface area contributed by atoms with Crippen LogP contribution in [0.1, 0.15) is 26.7 Å². The molecule has 0 aromatic rings. The number of rotatable bonds is 7. The second-order valence-electron chi connectivity index (χ2n) is 4.75. The van der Waals surface area contributed by atoms with E-state index in [2.05, 4.69) is 5.32 Å². The SMILES string of the molecule is CCOP(=O)(O)C1OC(CCCO)=CC(N)C1NC(C)=O. The van der Waals surface area contributed by atoms with Crippen molar-refractivity contribution in [2.75, 3.05) is 13.2 Å². The van der Waals surface area contributed by atoms with Gasteiger partial charge in [-0.3, -0.25) is 9.36 Å². The Labute approximate surface area is 123 Å². The molecule has 8 nitrogen and oxygen atoms in total. The van der Waals surface area contributed by atoms with E-state index in [0.717, 1.165) is 0 Å². The quantitative estimate of drug-likeness (QED) is 0.487. The maximum atomic E-state index is 12.3. The molecule has 1 amide bonds. The average molecular weight is 322 g/mol. The lowest BCUT2D eigenvalue weighted by Gasteiger charge is -2.37. The molecule has 0 saturated carbocycles. The number of hydrogen-bond donors (Lipinski definition) is 4. The van der Waals surface area contributed by atoms with E-state index in [4.69, 9.17) is 20.1 Å². The molecular formula is C12H23N2O6P. The van der Waals surface area contributed by atoms with Gasteiger partial charge in [-0.25, -0.2) is 0 Å². The van der Waals surface area contributed by atoms with Crippen molar-refractivity contribution in [3.05, 3.63) is 11.8 Å². The summed E-state index contributed by atoms with van der Waals surface area (Å²) in [5.41, 5.74) is 5.95. The third-order valence-corrected chi connectivity index (χ3v) is 4.66. The van der Waals surface area contributed by atoms with Crippen molar-refractivity contribution in [1.29, 1.82) is 0 Å². The molecule has 122 valence electrons. The smallest absolute Gasteiger partial charge is 0.370 e. The summed E-state index contributed by atoms with van der Waals surface area (Å²) in [7, 11) is -4.11. The minimum atomic E-state index is -4.11. The molecule has 0 bridgehead atoms. The van der Waals surface area contributed by atoms with Crippen LogP contribution in [0.5, 0.6) is 0 Å². The van der Waals surface area contributed by atoms with Gasteiger partial charge in [0.2, 0.25) is 11.8 Å². The number of nitrogens with one attached hydrogen (secondary N) is 1. The first-order valence-electron chi connectivity index (χ1n) is 6.79. The Balaban J connectivity index is 3.00. The van der Waals surface area contributed by atoms with Gasteiger partial charge in [0.25, 0.3) is 0 Å². The molecular weight excluding hydrogens is 299 g/mol. The molecule has 0 aromatic carbocycles. The first kappa shape index (κ1) is 18.1. The van der Waals surface area contributed by atoms with E-state index in [-0.39, 0.29) is 19.1 Å². The van der Waals surface area contributed by atoms with Crippen LogP contribution < -0.4 is 11.1 Å². The van der Waals surface area contributed by atoms with Crippen molar-refractivity contribution >= 4 is 13.5 Å². The number of allylic oxidation sites excluding steroid dienone is 1. The normalized spacial score (nSPS) is 28.2. The van der Waals surface area contributed by atoms with Crippen molar-refractivity contribution in [3.63, 3.8) is 0 Å². The molecule has 0 aliphatic carbocycles. The lowest BCUT2D eigenvalue weighted by atomic mass is 10.0. The molecule has 0 fully saturated rings. The maximum Gasteiger partial charge on any atom is 0.370 e. The predicted octanol–water partition coefficient (Wildman–Crippen LogP) is 0.0530. The van der Waals surface area contributed by atoms with Crippen molar-refractivity contribution in [2.45, 2.75) is 44.6 Å². The number of nitrogens with two attached hydrogens (primary N) is 1. The lowest BCUT2D eigenvalue weighted by Crippen LogP contribution is -2.55. The van der Waals surface area contributed by atoms with Crippen LogP contribution in [-0.2, 0) is 18.6 Å². The van der Waals surface area contributed by atoms with Gasteiger partial charge in [0.15, 0.2) is 0 Å². The van der Waals surface area contributed by atoms with Crippen LogP contribution in [0, 0.1) is 0 Å². The van der Waals surface area contributed by atoms with Gasteiger partial charge in [-0.15, -0.1) is 0 Å². The molecule has 4 unspecified atom stereocenters. The van der Waals surface area contributed by atoms with E-state index in [1.54, 1.807) is 13.0 Å². The predicted molar refractivity (Wildman–Crippen MR) is 76.3 cm³/mol. The third kappa shape index (κ3) is 5.09. The van der Waals surface area contributed by atoms with Gasteiger partial charge in [0.1, 0.15) is 0 Å². The van der Waals surface area contributed by atoms with Crippen LogP contribution in [0.4, 0.5) is 0 Å². The number of ether oxygens (including phenoxy) is 1. The molecule has 1 aliphatic rings. The Morgan fingerprint density at radius 2 is 2.29 bits per heavy atom. The standard InChI is InChI=1S/C12H23N2O6P/c1-3-19-21(17,18)12-11(14-8(2)16)10(13)7-9(20-12)5-4-6-15/h7,10-12,15H,3-6,13H2,1-2H3,(H,14,16)(H,17,18). The molecule has 1 heterocycles. The largest absolute Gasteiger partial charge is 0.480 e. The van der Waals surface area contributed by atoms with Crippen molar-refractivity contribution in [3.8, 4) is 0 Å². The monoisotopic (exact) mass is 322 g/mol. The number of aliphatic hydroxyl groups is 1. The molecule has 9 heteroatoms. The molecule has 5 N–H and O–H groups in total. The zero-order chi connectivity index (χ0) is 16.0. The van der Waals surface area contributed by atoms with Crippen molar-refractivity contribution in [2.24, 2.45) is 5.73 Å². The fraction of sp³-hybridized carbons (Fsp3) is 0.750. The Morgan fingerprint density at radius 1 is 1.62 bits per heavy atom. The topological polar surface area (TPSA) is 131 Å². The van der Waals surface area contributed by atoms with Crippen LogP contribution in [0.15, 0.2) is 11.8 Å². The highest BCUT2D eigenvalue weighted by Gasteiger charge is 2.46. The molecule has 1 rings (SSSR count). The van der Waals surface area contributed by atoms with Gasteiger partial charge >= 0.3 is 7.60 Å². The summed E-state index contributed by atoms with van der Waals surface area (Å²) >= 11 is 0. The highest BCUT2D eigenvalue weighted by Crippen LogP contribution is 2.51. The van der Waals surface area contributed by atoms with Gasteiger partial charge in [-0.2, -0.15) is 0 Å². The Morgan fingerprint density at radius 3 is 2.81 bits per heavy atom. The van der Waals surface area contributed by atoms with Crippen molar-refractivity contribution in [1.82, 2.24) is 5.32 Å². The second-order valence-corrected chi connectivity index (χ2v) is 6.65. The van der Waals surface area contributed by atoms with Crippen LogP contribution in [-0.4, -0.2) is 47.0 Å². The first-order valence-corrected chi connectivity index (χ1v) is 8.44. The molecule has 1 aliphatic heterocycles. The van der Waals surface area contributed by atoms with E-state index in [1.807, 2.05) is 0 Å². The van der Waals surface area contributed by atoms with Crippen molar-refractivity contribution < 1.29 is 28.6 Å². The minimum Gasteiger partial charge on any atom is -0.480 e. The third-order valence-electron chi connectivity index (χ3n) is 2.96. The summed E-state index contributed by atoms with van der Waals surface area (Å²) in [6.45, 7) is 2.88. The lowest BCUT2D eigenvalue weighted by molar-refractivity contribution is -0.120. The average Bonchev–Trinajstić information content (AvgIpc) is 2.38. The molecule has 0 spiro atoms. The summed E-state index contributed by atoms with van der Waals surface area (Å²) in [5, 5.41) is 11.4. The first-order chi connectivity index (χ1) is 9.81. The van der Waals surface area contributed by atoms with E-state index >= 15 is 0 Å². The Hall–Kier alpha value is -0.920. The summed E-state index contributed by atoms with van der Waals surface area (Å²) < 4.78 is 22.6. The summed E-state index contributed by atoms with van der Waals surface area (Å²) in [4.78, 5) is 21.3. The van der Waals surface area contributed by atoms with Crippen LogP contribution in [0.25, 0.3) is 0 Å². The number of aliphatic hydroxyl groups excluding tert-OH is 1. The molecule has 4 atom stereocenters. The van der Waals surface area contributed by atoms with Gasteiger partial charge in [0.05, 0.1) is 24.4 Å². The maximum absolute atomic E-state index is 12.3. The highest BCUT2D eigenvalue weighted by molar-refractivity contribution is 7.53. The Bertz CT molecular complexity index is 441. The zero-order valence-electron chi connectivity index (χ0n) is 12.2. The number of amides is 1. The number of carbonyl (C=O) groups excluding carboxylic acids is 1.